The second-order valence-corrected chi connectivity index (χ2v) is 9.17. The number of hydrogen-bond donors (Lipinski definition) is 1. The summed E-state index contributed by atoms with van der Waals surface area (Å²) in [6, 6.07) is 13.9. The van der Waals surface area contributed by atoms with Crippen molar-refractivity contribution in [3.8, 4) is 0 Å². The first-order chi connectivity index (χ1) is 15.2. The molecule has 0 unspecified atom stereocenters. The molecular formula is C25H30F3N3O. The van der Waals surface area contributed by atoms with E-state index < -0.39 is 17.7 Å². The van der Waals surface area contributed by atoms with Gasteiger partial charge >= 0.3 is 6.18 Å². The van der Waals surface area contributed by atoms with Gasteiger partial charge in [0.25, 0.3) is 0 Å². The Hall–Kier alpha value is -2.70. The van der Waals surface area contributed by atoms with E-state index in [1.165, 1.54) is 6.07 Å². The van der Waals surface area contributed by atoms with Crippen LogP contribution in [-0.2, 0) is 17.4 Å². The molecule has 0 aliphatic carbocycles. The van der Waals surface area contributed by atoms with E-state index in [1.807, 2.05) is 18.2 Å². The Morgan fingerprint density at radius 2 is 1.88 bits per heavy atom. The molecule has 1 amide bonds. The molecule has 1 fully saturated rings. The van der Waals surface area contributed by atoms with Crippen LogP contribution in [0.2, 0.25) is 0 Å². The van der Waals surface area contributed by atoms with Gasteiger partial charge in [-0.1, -0.05) is 32.0 Å². The van der Waals surface area contributed by atoms with Crippen molar-refractivity contribution in [3.63, 3.8) is 0 Å². The molecule has 2 aromatic carbocycles. The summed E-state index contributed by atoms with van der Waals surface area (Å²) in [5, 5.41) is 3.04. The lowest BCUT2D eigenvalue weighted by molar-refractivity contribution is -0.137. The molecule has 172 valence electrons. The van der Waals surface area contributed by atoms with Gasteiger partial charge < -0.3 is 15.1 Å². The average molecular weight is 446 g/mol. The number of benzene rings is 2. The molecule has 1 N–H and O–H groups in total. The predicted molar refractivity (Wildman–Crippen MR) is 121 cm³/mol. The Morgan fingerprint density at radius 1 is 1.12 bits per heavy atom. The summed E-state index contributed by atoms with van der Waals surface area (Å²) >= 11 is 0. The van der Waals surface area contributed by atoms with Crippen molar-refractivity contribution in [1.82, 2.24) is 5.32 Å². The van der Waals surface area contributed by atoms with Crippen molar-refractivity contribution >= 4 is 17.3 Å². The van der Waals surface area contributed by atoms with Gasteiger partial charge in [-0.2, -0.15) is 13.2 Å². The minimum absolute atomic E-state index is 0.0707. The molecule has 0 spiro atoms. The number of piperazine rings is 1. The topological polar surface area (TPSA) is 35.6 Å². The number of amides is 1. The molecule has 7 heteroatoms. The van der Waals surface area contributed by atoms with Crippen molar-refractivity contribution in [3.05, 3.63) is 59.7 Å². The van der Waals surface area contributed by atoms with E-state index in [9.17, 15) is 18.0 Å². The fourth-order valence-electron chi connectivity index (χ4n) is 4.79. The number of alkyl halides is 3. The summed E-state index contributed by atoms with van der Waals surface area (Å²) in [5.74, 6) is -0.000224. The van der Waals surface area contributed by atoms with Gasteiger partial charge in [-0.3, -0.25) is 4.79 Å². The minimum atomic E-state index is -4.40. The molecule has 0 bridgehead atoms. The van der Waals surface area contributed by atoms with Gasteiger partial charge in [0.1, 0.15) is 0 Å². The molecule has 2 aliphatic rings. The second kappa shape index (κ2) is 9.04. The van der Waals surface area contributed by atoms with Crippen LogP contribution in [0.1, 0.15) is 31.4 Å². The highest BCUT2D eigenvalue weighted by atomic mass is 19.4. The first-order valence-electron chi connectivity index (χ1n) is 11.3. The van der Waals surface area contributed by atoms with E-state index in [0.29, 0.717) is 37.5 Å². The standard InChI is InChI=1S/C25H30F3N3O/c1-17(2)10-11-29-24(32)21-15-18-14-19(25(26,27)28)8-9-22(18)31-13-12-30(16-23(21)31)20-6-4-3-5-7-20/h3-9,14,17,21,23H,10-13,15-16H2,1-2H3,(H,29,32)/t21-,23-/m1/s1. The number of halogens is 3. The van der Waals surface area contributed by atoms with Crippen LogP contribution in [0.4, 0.5) is 24.5 Å². The van der Waals surface area contributed by atoms with Crippen LogP contribution in [0, 0.1) is 11.8 Å². The number of carbonyl (C=O) groups is 1. The molecule has 2 atom stereocenters. The molecule has 2 aliphatic heterocycles. The third-order valence-electron chi connectivity index (χ3n) is 6.52. The summed E-state index contributed by atoms with van der Waals surface area (Å²) in [6.45, 7) is 6.85. The zero-order valence-electron chi connectivity index (χ0n) is 18.5. The lowest BCUT2D eigenvalue weighted by Crippen LogP contribution is -2.61. The van der Waals surface area contributed by atoms with Crippen molar-refractivity contribution < 1.29 is 18.0 Å². The van der Waals surface area contributed by atoms with Gasteiger partial charge in [-0.15, -0.1) is 0 Å². The fraction of sp³-hybridized carbons (Fsp3) is 0.480. The first kappa shape index (κ1) is 22.5. The maximum atomic E-state index is 13.3. The molecule has 1 saturated heterocycles. The Labute approximate surface area is 187 Å². The minimum Gasteiger partial charge on any atom is -0.368 e. The summed E-state index contributed by atoms with van der Waals surface area (Å²) < 4.78 is 40.0. The van der Waals surface area contributed by atoms with Gasteiger partial charge in [0.15, 0.2) is 0 Å². The molecule has 0 aromatic heterocycles. The number of nitrogens with one attached hydrogen (secondary N) is 1. The van der Waals surface area contributed by atoms with Crippen LogP contribution in [0.3, 0.4) is 0 Å². The largest absolute Gasteiger partial charge is 0.416 e. The SMILES string of the molecule is CC(C)CCNC(=O)[C@@H]1Cc2cc(C(F)(F)F)ccc2N2CCN(c3ccccc3)C[C@H]12. The van der Waals surface area contributed by atoms with Crippen LogP contribution in [-0.4, -0.2) is 38.1 Å². The molecular weight excluding hydrogens is 415 g/mol. The molecule has 32 heavy (non-hydrogen) atoms. The lowest BCUT2D eigenvalue weighted by Gasteiger charge is -2.49. The van der Waals surface area contributed by atoms with Crippen molar-refractivity contribution in [2.45, 2.75) is 38.9 Å². The quantitative estimate of drug-likeness (QED) is 0.723. The third-order valence-corrected chi connectivity index (χ3v) is 6.52. The number of para-hydroxylation sites is 1. The second-order valence-electron chi connectivity index (χ2n) is 9.17. The zero-order chi connectivity index (χ0) is 22.9. The highest BCUT2D eigenvalue weighted by Gasteiger charge is 2.42. The number of hydrogen-bond acceptors (Lipinski definition) is 3. The van der Waals surface area contributed by atoms with Crippen LogP contribution < -0.4 is 15.1 Å². The summed E-state index contributed by atoms with van der Waals surface area (Å²) in [4.78, 5) is 17.6. The van der Waals surface area contributed by atoms with Gasteiger partial charge in [-0.25, -0.2) is 0 Å². The Kier molecular flexibility index (Phi) is 6.35. The van der Waals surface area contributed by atoms with Crippen LogP contribution in [0.5, 0.6) is 0 Å². The van der Waals surface area contributed by atoms with E-state index in [1.54, 1.807) is 6.07 Å². The number of fused-ring (bicyclic) bond motifs is 3. The molecule has 0 saturated carbocycles. The van der Waals surface area contributed by atoms with Crippen LogP contribution in [0.25, 0.3) is 0 Å². The molecule has 4 rings (SSSR count). The van der Waals surface area contributed by atoms with Gasteiger partial charge in [0.05, 0.1) is 17.5 Å². The number of nitrogens with zero attached hydrogens (tertiary/aromatic N) is 2. The lowest BCUT2D eigenvalue weighted by atomic mass is 9.82. The molecule has 4 nitrogen and oxygen atoms in total. The number of carbonyl (C=O) groups excluding carboxylic acids is 1. The summed E-state index contributed by atoms with van der Waals surface area (Å²) in [5.41, 5.74) is 1.87. The van der Waals surface area contributed by atoms with Crippen molar-refractivity contribution in [2.24, 2.45) is 11.8 Å². The van der Waals surface area contributed by atoms with Crippen molar-refractivity contribution in [2.75, 3.05) is 36.0 Å². The summed E-state index contributed by atoms with van der Waals surface area (Å²) in [7, 11) is 0. The van der Waals surface area contributed by atoms with Crippen molar-refractivity contribution in [1.29, 1.82) is 0 Å². The molecule has 2 aromatic rings. The predicted octanol–water partition coefficient (Wildman–Crippen LogP) is 4.74. The van der Waals surface area contributed by atoms with Gasteiger partial charge in [-0.05, 0) is 54.7 Å². The maximum absolute atomic E-state index is 13.3. The van der Waals surface area contributed by atoms with E-state index in [0.717, 1.165) is 30.4 Å². The Morgan fingerprint density at radius 3 is 2.56 bits per heavy atom. The number of rotatable bonds is 5. The first-order valence-corrected chi connectivity index (χ1v) is 11.3. The highest BCUT2D eigenvalue weighted by molar-refractivity contribution is 5.82. The Bertz CT molecular complexity index is 945. The average Bonchev–Trinajstić information content (AvgIpc) is 2.77. The zero-order valence-corrected chi connectivity index (χ0v) is 18.5. The fourth-order valence-corrected chi connectivity index (χ4v) is 4.79. The van der Waals surface area contributed by atoms with Gasteiger partial charge in [0.2, 0.25) is 5.91 Å². The number of anilines is 2. The highest BCUT2D eigenvalue weighted by Crippen LogP contribution is 2.40. The van der Waals surface area contributed by atoms with E-state index in [-0.39, 0.29) is 11.9 Å². The summed E-state index contributed by atoms with van der Waals surface area (Å²) in [6.07, 6.45) is -3.21. The monoisotopic (exact) mass is 445 g/mol. The van der Waals surface area contributed by atoms with E-state index in [4.69, 9.17) is 0 Å². The van der Waals surface area contributed by atoms with E-state index >= 15 is 0 Å². The smallest absolute Gasteiger partial charge is 0.368 e. The third kappa shape index (κ3) is 4.71. The van der Waals surface area contributed by atoms with Gasteiger partial charge in [0, 0.05) is 37.6 Å². The maximum Gasteiger partial charge on any atom is 0.416 e. The van der Waals surface area contributed by atoms with Crippen LogP contribution >= 0.6 is 0 Å². The molecule has 0 radical (unpaired) electrons. The normalized spacial score (nSPS) is 20.7. The van der Waals surface area contributed by atoms with E-state index in [2.05, 4.69) is 41.1 Å². The van der Waals surface area contributed by atoms with Crippen LogP contribution in [0.15, 0.2) is 48.5 Å². The Balaban J connectivity index is 1.63. The molecule has 2 heterocycles.